The van der Waals surface area contributed by atoms with Gasteiger partial charge < -0.3 is 10.1 Å². The van der Waals surface area contributed by atoms with Gasteiger partial charge in [0, 0.05) is 12.7 Å². The maximum atomic E-state index is 12.3. The number of pyridine rings is 1. The zero-order valence-corrected chi connectivity index (χ0v) is 14.2. The van der Waals surface area contributed by atoms with Gasteiger partial charge >= 0.3 is 5.97 Å². The molecule has 0 spiro atoms. The van der Waals surface area contributed by atoms with Crippen molar-refractivity contribution in [1.82, 2.24) is 10.3 Å². The number of hydrogen-bond donors (Lipinski definition) is 1. The third-order valence-corrected chi connectivity index (χ3v) is 3.97. The highest BCUT2D eigenvalue weighted by Crippen LogP contribution is 2.16. The molecular formula is C19H22N2O3. The van der Waals surface area contributed by atoms with E-state index in [1.54, 1.807) is 18.3 Å². The van der Waals surface area contributed by atoms with Gasteiger partial charge in [0.15, 0.2) is 0 Å². The number of nitrogens with zero attached hydrogens (tertiary/aromatic N) is 1. The summed E-state index contributed by atoms with van der Waals surface area (Å²) >= 11 is 0. The first kappa shape index (κ1) is 17.7. The van der Waals surface area contributed by atoms with Crippen molar-refractivity contribution in [3.63, 3.8) is 0 Å². The van der Waals surface area contributed by atoms with Crippen LogP contribution in [0.3, 0.4) is 0 Å². The van der Waals surface area contributed by atoms with Crippen molar-refractivity contribution < 1.29 is 14.3 Å². The summed E-state index contributed by atoms with van der Waals surface area (Å²) in [6, 6.07) is 11.4. The van der Waals surface area contributed by atoms with Crippen LogP contribution in [0.1, 0.15) is 46.9 Å². The van der Waals surface area contributed by atoms with E-state index in [2.05, 4.69) is 34.1 Å². The van der Waals surface area contributed by atoms with Crippen LogP contribution in [0.4, 0.5) is 0 Å². The monoisotopic (exact) mass is 326 g/mol. The van der Waals surface area contributed by atoms with Crippen LogP contribution in [0.5, 0.6) is 0 Å². The van der Waals surface area contributed by atoms with Crippen molar-refractivity contribution in [2.45, 2.75) is 32.7 Å². The zero-order valence-electron chi connectivity index (χ0n) is 14.2. The fourth-order valence-electron chi connectivity index (χ4n) is 2.29. The van der Waals surface area contributed by atoms with E-state index in [0.717, 1.165) is 17.5 Å². The Hall–Kier alpha value is -2.69. The summed E-state index contributed by atoms with van der Waals surface area (Å²) < 4.78 is 4.60. The molecule has 0 radical (unpaired) electrons. The molecule has 126 valence electrons. The van der Waals surface area contributed by atoms with Gasteiger partial charge in [-0.2, -0.15) is 0 Å². The molecule has 1 aromatic heterocycles. The summed E-state index contributed by atoms with van der Waals surface area (Å²) in [5, 5.41) is 2.89. The molecule has 0 aliphatic rings. The Labute approximate surface area is 142 Å². The highest BCUT2D eigenvalue weighted by Gasteiger charge is 2.15. The molecule has 0 fully saturated rings. The maximum Gasteiger partial charge on any atom is 0.356 e. The molecule has 1 amide bonds. The van der Waals surface area contributed by atoms with Crippen LogP contribution in [0.25, 0.3) is 0 Å². The Morgan fingerprint density at radius 1 is 1.12 bits per heavy atom. The molecule has 1 N–H and O–H groups in total. The average molecular weight is 326 g/mol. The fraction of sp³-hybridized carbons (Fsp3) is 0.316. The highest BCUT2D eigenvalue weighted by molar-refractivity contribution is 5.87. The summed E-state index contributed by atoms with van der Waals surface area (Å²) in [5.74, 6) is -0.746. The Bertz CT molecular complexity index is 694. The van der Waals surface area contributed by atoms with Crippen LogP contribution >= 0.6 is 0 Å². The van der Waals surface area contributed by atoms with E-state index in [1.165, 1.54) is 12.7 Å². The Morgan fingerprint density at radius 3 is 2.33 bits per heavy atom. The van der Waals surface area contributed by atoms with Crippen LogP contribution in [-0.4, -0.2) is 24.0 Å². The first-order chi connectivity index (χ1) is 11.5. The van der Waals surface area contributed by atoms with E-state index >= 15 is 0 Å². The van der Waals surface area contributed by atoms with Crippen molar-refractivity contribution in [3.8, 4) is 0 Å². The molecule has 1 unspecified atom stereocenters. The second-order valence-corrected chi connectivity index (χ2v) is 5.58. The van der Waals surface area contributed by atoms with Gasteiger partial charge in [-0.1, -0.05) is 37.3 Å². The van der Waals surface area contributed by atoms with E-state index < -0.39 is 5.97 Å². The van der Waals surface area contributed by atoms with E-state index in [0.29, 0.717) is 6.54 Å². The molecule has 1 atom stereocenters. The van der Waals surface area contributed by atoms with Crippen molar-refractivity contribution >= 4 is 11.9 Å². The molecule has 1 aromatic carbocycles. The molecule has 0 saturated heterocycles. The van der Waals surface area contributed by atoms with Crippen molar-refractivity contribution in [2.24, 2.45) is 0 Å². The lowest BCUT2D eigenvalue weighted by atomic mass is 9.98. The van der Waals surface area contributed by atoms with Crippen molar-refractivity contribution in [3.05, 3.63) is 65.0 Å². The number of nitrogens with one attached hydrogen (secondary N) is 1. The smallest absolute Gasteiger partial charge is 0.356 e. The van der Waals surface area contributed by atoms with E-state index in [9.17, 15) is 9.59 Å². The Morgan fingerprint density at radius 2 is 1.79 bits per heavy atom. The molecule has 2 aromatic rings. The van der Waals surface area contributed by atoms with Gasteiger partial charge in [-0.15, -0.1) is 0 Å². The van der Waals surface area contributed by atoms with Crippen LogP contribution < -0.4 is 5.32 Å². The van der Waals surface area contributed by atoms with E-state index in [-0.39, 0.29) is 17.5 Å². The van der Waals surface area contributed by atoms with Crippen molar-refractivity contribution in [2.75, 3.05) is 7.11 Å². The third-order valence-electron chi connectivity index (χ3n) is 3.97. The standard InChI is InChI=1S/C19H22N2O3/c1-4-14-5-8-16(9-6-14)13(2)18(22)21-12-15-7-10-17(20-11-15)19(23)24-3/h5-11,13H,4,12H2,1-3H3,(H,21,22). The molecule has 1 heterocycles. The van der Waals surface area contributed by atoms with Crippen LogP contribution in [0.2, 0.25) is 0 Å². The molecule has 24 heavy (non-hydrogen) atoms. The first-order valence-corrected chi connectivity index (χ1v) is 7.95. The summed E-state index contributed by atoms with van der Waals surface area (Å²) in [6.45, 7) is 4.35. The van der Waals surface area contributed by atoms with Crippen LogP contribution in [0.15, 0.2) is 42.6 Å². The second kappa shape index (κ2) is 8.24. The van der Waals surface area contributed by atoms with Gasteiger partial charge in [-0.05, 0) is 36.1 Å². The topological polar surface area (TPSA) is 68.3 Å². The molecule has 2 rings (SSSR count). The largest absolute Gasteiger partial charge is 0.464 e. The number of ether oxygens (including phenoxy) is 1. The average Bonchev–Trinajstić information content (AvgIpc) is 2.65. The third kappa shape index (κ3) is 4.41. The molecule has 0 saturated carbocycles. The Kier molecular flexibility index (Phi) is 6.07. The number of aromatic nitrogens is 1. The molecule has 0 aliphatic carbocycles. The normalized spacial score (nSPS) is 11.6. The van der Waals surface area contributed by atoms with Gasteiger partial charge in [0.25, 0.3) is 0 Å². The minimum Gasteiger partial charge on any atom is -0.464 e. The van der Waals surface area contributed by atoms with E-state index in [4.69, 9.17) is 0 Å². The zero-order chi connectivity index (χ0) is 17.5. The summed E-state index contributed by atoms with van der Waals surface area (Å²) in [4.78, 5) is 27.6. The number of carbonyl (C=O) groups is 2. The summed E-state index contributed by atoms with van der Waals surface area (Å²) in [6.07, 6.45) is 2.54. The van der Waals surface area contributed by atoms with Crippen molar-refractivity contribution in [1.29, 1.82) is 0 Å². The number of benzene rings is 1. The number of esters is 1. The molecule has 0 aliphatic heterocycles. The molecule has 0 bridgehead atoms. The maximum absolute atomic E-state index is 12.3. The second-order valence-electron chi connectivity index (χ2n) is 5.58. The van der Waals surface area contributed by atoms with Gasteiger partial charge in [-0.3, -0.25) is 4.79 Å². The number of aryl methyl sites for hydroxylation is 1. The van der Waals surface area contributed by atoms with Gasteiger partial charge in [0.1, 0.15) is 5.69 Å². The fourth-order valence-corrected chi connectivity index (χ4v) is 2.29. The minimum absolute atomic E-state index is 0.0451. The minimum atomic E-state index is -0.477. The SMILES string of the molecule is CCc1ccc(C(C)C(=O)NCc2ccc(C(=O)OC)nc2)cc1. The molecule has 5 heteroatoms. The van der Waals surface area contributed by atoms with E-state index in [1.807, 2.05) is 19.1 Å². The van der Waals surface area contributed by atoms with Crippen LogP contribution in [0, 0.1) is 0 Å². The van der Waals surface area contributed by atoms with Crippen LogP contribution in [-0.2, 0) is 22.5 Å². The number of amides is 1. The predicted molar refractivity (Wildman–Crippen MR) is 91.7 cm³/mol. The lowest BCUT2D eigenvalue weighted by molar-refractivity contribution is -0.122. The quantitative estimate of drug-likeness (QED) is 0.829. The lowest BCUT2D eigenvalue weighted by Gasteiger charge is -2.13. The summed E-state index contributed by atoms with van der Waals surface area (Å²) in [7, 11) is 1.31. The highest BCUT2D eigenvalue weighted by atomic mass is 16.5. The first-order valence-electron chi connectivity index (χ1n) is 7.95. The lowest BCUT2D eigenvalue weighted by Crippen LogP contribution is -2.27. The van der Waals surface area contributed by atoms with Gasteiger partial charge in [0.05, 0.1) is 13.0 Å². The van der Waals surface area contributed by atoms with Gasteiger partial charge in [-0.25, -0.2) is 9.78 Å². The Balaban J connectivity index is 1.93. The number of rotatable bonds is 6. The van der Waals surface area contributed by atoms with Gasteiger partial charge in [0.2, 0.25) is 5.91 Å². The number of carbonyl (C=O) groups excluding carboxylic acids is 2. The molecular weight excluding hydrogens is 304 g/mol. The summed E-state index contributed by atoms with van der Waals surface area (Å²) in [5.41, 5.74) is 3.31. The number of methoxy groups -OCH3 is 1. The molecule has 5 nitrogen and oxygen atoms in total. The number of hydrogen-bond acceptors (Lipinski definition) is 4. The predicted octanol–water partition coefficient (Wildman–Crippen LogP) is 2.85.